The predicted octanol–water partition coefficient (Wildman–Crippen LogP) is 0.944. The van der Waals surface area contributed by atoms with E-state index in [1.165, 1.54) is 37.8 Å². The Morgan fingerprint density at radius 3 is 2.74 bits per heavy atom. The summed E-state index contributed by atoms with van der Waals surface area (Å²) in [7, 11) is -3.00. The van der Waals surface area contributed by atoms with Crippen LogP contribution in [-0.2, 0) is 16.4 Å². The largest absolute Gasteiger partial charge is 0.330 e. The van der Waals surface area contributed by atoms with Gasteiger partial charge < -0.3 is 10.3 Å². The number of aromatic nitrogens is 2. The summed E-state index contributed by atoms with van der Waals surface area (Å²) in [6, 6.07) is 0.368. The minimum absolute atomic E-state index is 0.103. The molecule has 0 amide bonds. The number of fused-ring (bicyclic) bond motifs is 1. The summed E-state index contributed by atoms with van der Waals surface area (Å²) >= 11 is 0. The van der Waals surface area contributed by atoms with Crippen LogP contribution in [0.5, 0.6) is 0 Å². The van der Waals surface area contributed by atoms with Gasteiger partial charge in [0.1, 0.15) is 0 Å². The van der Waals surface area contributed by atoms with Crippen molar-refractivity contribution >= 4 is 9.84 Å². The van der Waals surface area contributed by atoms with Gasteiger partial charge in [0.2, 0.25) is 0 Å². The molecule has 23 heavy (non-hydrogen) atoms. The quantitative estimate of drug-likeness (QED) is 0.887. The fourth-order valence-corrected chi connectivity index (χ4v) is 6.98. The summed E-state index contributed by atoms with van der Waals surface area (Å²) in [5, 5.41) is -0.261. The van der Waals surface area contributed by atoms with Gasteiger partial charge in [0, 0.05) is 43.8 Å². The molecule has 0 bridgehead atoms. The number of hydrogen-bond donors (Lipinski definition) is 1. The molecule has 1 aliphatic carbocycles. The van der Waals surface area contributed by atoms with Gasteiger partial charge in [-0.3, -0.25) is 4.90 Å². The molecular weight excluding hydrogens is 312 g/mol. The number of hydrogen-bond acceptors (Lipinski definition) is 5. The van der Waals surface area contributed by atoms with Crippen LogP contribution in [0, 0.1) is 5.92 Å². The zero-order valence-electron chi connectivity index (χ0n) is 13.5. The van der Waals surface area contributed by atoms with Crippen LogP contribution in [0.3, 0.4) is 0 Å². The third kappa shape index (κ3) is 2.83. The topological polar surface area (TPSA) is 81.2 Å². The first kappa shape index (κ1) is 15.6. The van der Waals surface area contributed by atoms with E-state index >= 15 is 0 Å². The number of rotatable bonds is 3. The lowest BCUT2D eigenvalue weighted by Crippen LogP contribution is -2.33. The minimum Gasteiger partial charge on any atom is -0.330 e. The van der Waals surface area contributed by atoms with Crippen LogP contribution < -0.4 is 5.73 Å². The Morgan fingerprint density at radius 1 is 1.22 bits per heavy atom. The van der Waals surface area contributed by atoms with Crippen LogP contribution in [-0.4, -0.2) is 53.0 Å². The molecule has 0 spiro atoms. The summed E-state index contributed by atoms with van der Waals surface area (Å²) in [5.74, 6) is 0.266. The van der Waals surface area contributed by atoms with Crippen molar-refractivity contribution in [3.63, 3.8) is 0 Å². The van der Waals surface area contributed by atoms with Crippen molar-refractivity contribution in [1.82, 2.24) is 14.5 Å². The van der Waals surface area contributed by atoms with Crippen molar-refractivity contribution < 1.29 is 8.42 Å². The van der Waals surface area contributed by atoms with Gasteiger partial charge in [0.05, 0.1) is 23.0 Å². The third-order valence-electron chi connectivity index (χ3n) is 5.92. The Hall–Kier alpha value is -0.920. The first-order chi connectivity index (χ1) is 11.0. The summed E-state index contributed by atoms with van der Waals surface area (Å²) in [5.41, 5.74) is 7.27. The maximum Gasteiger partial charge on any atom is 0.156 e. The summed E-state index contributed by atoms with van der Waals surface area (Å²) < 4.78 is 26.7. The van der Waals surface area contributed by atoms with E-state index in [0.29, 0.717) is 12.6 Å². The van der Waals surface area contributed by atoms with Gasteiger partial charge in [-0.1, -0.05) is 19.3 Å². The molecule has 0 aromatic carbocycles. The molecule has 2 aliphatic heterocycles. The standard InChI is InChI=1S/C16H26N4O2S/c17-15-10-23(21,22)16-9-19(8-14(15)16)7-13-6-18-11-20(13)12-4-2-1-3-5-12/h6,11-12,14-16H,1-5,7-10,17H2/t14-,15+,16-/m0/s1. The zero-order chi connectivity index (χ0) is 16.0. The van der Waals surface area contributed by atoms with E-state index in [9.17, 15) is 8.42 Å². The van der Waals surface area contributed by atoms with E-state index < -0.39 is 9.84 Å². The predicted molar refractivity (Wildman–Crippen MR) is 88.7 cm³/mol. The SMILES string of the molecule is N[C@@H]1CS(=O)(=O)[C@H]2CN(Cc3cncn3C3CCCCC3)C[C@@H]12. The molecule has 7 heteroatoms. The fourth-order valence-electron chi connectivity index (χ4n) is 4.69. The molecule has 3 fully saturated rings. The van der Waals surface area contributed by atoms with Gasteiger partial charge in [-0.05, 0) is 12.8 Å². The van der Waals surface area contributed by atoms with Crippen LogP contribution in [0.15, 0.2) is 12.5 Å². The number of imidazole rings is 1. The Morgan fingerprint density at radius 2 is 2.00 bits per heavy atom. The maximum absolute atomic E-state index is 12.2. The Balaban J connectivity index is 1.47. The Bertz CT molecular complexity index is 665. The van der Waals surface area contributed by atoms with Crippen molar-refractivity contribution in [2.24, 2.45) is 11.7 Å². The second kappa shape index (κ2) is 5.86. The second-order valence-electron chi connectivity index (χ2n) is 7.47. The van der Waals surface area contributed by atoms with Gasteiger partial charge in [-0.25, -0.2) is 13.4 Å². The van der Waals surface area contributed by atoms with E-state index in [4.69, 9.17) is 5.73 Å². The molecular formula is C16H26N4O2S. The minimum atomic E-state index is -3.00. The van der Waals surface area contributed by atoms with Crippen molar-refractivity contribution in [2.45, 2.75) is 56.0 Å². The lowest BCUT2D eigenvalue weighted by Gasteiger charge is -2.26. The first-order valence-corrected chi connectivity index (χ1v) is 10.5. The summed E-state index contributed by atoms with van der Waals surface area (Å²) in [4.78, 5) is 6.60. The fraction of sp³-hybridized carbons (Fsp3) is 0.812. The van der Waals surface area contributed by atoms with Gasteiger partial charge in [0.25, 0.3) is 0 Å². The molecule has 1 aromatic heterocycles. The van der Waals surface area contributed by atoms with Crippen molar-refractivity contribution in [3.8, 4) is 0 Å². The normalized spacial score (nSPS) is 34.7. The van der Waals surface area contributed by atoms with Crippen LogP contribution >= 0.6 is 0 Å². The number of sulfone groups is 1. The molecule has 6 nitrogen and oxygen atoms in total. The number of nitrogens with two attached hydrogens (primary N) is 1. The van der Waals surface area contributed by atoms with E-state index in [1.54, 1.807) is 0 Å². The molecule has 4 rings (SSSR count). The van der Waals surface area contributed by atoms with Crippen LogP contribution in [0.4, 0.5) is 0 Å². The first-order valence-electron chi connectivity index (χ1n) is 8.75. The molecule has 3 heterocycles. The number of nitrogens with zero attached hydrogens (tertiary/aromatic N) is 3. The third-order valence-corrected chi connectivity index (χ3v) is 8.19. The van der Waals surface area contributed by atoms with Crippen LogP contribution in [0.2, 0.25) is 0 Å². The van der Waals surface area contributed by atoms with E-state index in [-0.39, 0.29) is 23.0 Å². The van der Waals surface area contributed by atoms with Gasteiger partial charge in [-0.2, -0.15) is 0 Å². The maximum atomic E-state index is 12.2. The molecule has 1 aromatic rings. The van der Waals surface area contributed by atoms with Crippen molar-refractivity contribution in [2.75, 3.05) is 18.8 Å². The van der Waals surface area contributed by atoms with Crippen molar-refractivity contribution in [3.05, 3.63) is 18.2 Å². The highest BCUT2D eigenvalue weighted by molar-refractivity contribution is 7.92. The molecule has 3 aliphatic rings. The zero-order valence-corrected chi connectivity index (χ0v) is 14.3. The number of likely N-dealkylation sites (tertiary alicyclic amines) is 1. The van der Waals surface area contributed by atoms with Gasteiger partial charge >= 0.3 is 0 Å². The molecule has 2 N–H and O–H groups in total. The molecule has 2 saturated heterocycles. The van der Waals surface area contributed by atoms with Gasteiger partial charge in [0.15, 0.2) is 9.84 Å². The second-order valence-corrected chi connectivity index (χ2v) is 9.74. The average Bonchev–Trinajstić information content (AvgIpc) is 3.19. The monoisotopic (exact) mass is 338 g/mol. The van der Waals surface area contributed by atoms with Crippen LogP contribution in [0.1, 0.15) is 43.8 Å². The van der Waals surface area contributed by atoms with Gasteiger partial charge in [-0.15, -0.1) is 0 Å². The smallest absolute Gasteiger partial charge is 0.156 e. The highest BCUT2D eigenvalue weighted by atomic mass is 32.2. The summed E-state index contributed by atoms with van der Waals surface area (Å²) in [6.07, 6.45) is 10.3. The molecule has 128 valence electrons. The molecule has 3 atom stereocenters. The average molecular weight is 338 g/mol. The highest BCUT2D eigenvalue weighted by Crippen LogP contribution is 2.34. The van der Waals surface area contributed by atoms with E-state index in [1.807, 2.05) is 12.5 Å². The molecule has 0 radical (unpaired) electrons. The lowest BCUT2D eigenvalue weighted by molar-refractivity contribution is 0.284. The van der Waals surface area contributed by atoms with Crippen LogP contribution in [0.25, 0.3) is 0 Å². The highest BCUT2D eigenvalue weighted by Gasteiger charge is 2.50. The Labute approximate surface area is 138 Å². The lowest BCUT2D eigenvalue weighted by atomic mass is 9.95. The Kier molecular flexibility index (Phi) is 3.98. The molecule has 1 saturated carbocycles. The summed E-state index contributed by atoms with van der Waals surface area (Å²) in [6.45, 7) is 2.20. The molecule has 0 unspecified atom stereocenters. The van der Waals surface area contributed by atoms with E-state index in [0.717, 1.165) is 13.1 Å². The van der Waals surface area contributed by atoms with Crippen molar-refractivity contribution in [1.29, 1.82) is 0 Å². The van der Waals surface area contributed by atoms with E-state index in [2.05, 4.69) is 14.5 Å².